The van der Waals surface area contributed by atoms with Crippen LogP contribution in [0.5, 0.6) is 0 Å². The maximum absolute atomic E-state index is 12.3. The Morgan fingerprint density at radius 2 is 1.97 bits per heavy atom. The van der Waals surface area contributed by atoms with Crippen molar-refractivity contribution >= 4 is 17.5 Å². The van der Waals surface area contributed by atoms with E-state index in [1.54, 1.807) is 6.20 Å². The minimum Gasteiger partial charge on any atom is -0.441 e. The zero-order valence-electron chi connectivity index (χ0n) is 16.2. The van der Waals surface area contributed by atoms with Crippen molar-refractivity contribution in [1.82, 2.24) is 15.2 Å². The molecule has 4 rings (SSSR count). The van der Waals surface area contributed by atoms with Gasteiger partial charge in [0.2, 0.25) is 5.91 Å². The molecule has 3 aromatic rings. The smallest absolute Gasteiger partial charge is 0.220 e. The van der Waals surface area contributed by atoms with E-state index in [0.29, 0.717) is 29.5 Å². The van der Waals surface area contributed by atoms with Gasteiger partial charge in [-0.1, -0.05) is 54.1 Å². The van der Waals surface area contributed by atoms with Crippen LogP contribution in [-0.2, 0) is 17.8 Å². The topological polar surface area (TPSA) is 58.4 Å². The number of carbonyl (C=O) groups is 1. The highest BCUT2D eigenvalue weighted by atomic mass is 35.5. The first-order valence-corrected chi connectivity index (χ1v) is 10.3. The summed E-state index contributed by atoms with van der Waals surface area (Å²) in [4.78, 5) is 19.0. The molecule has 1 N–H and O–H groups in total. The van der Waals surface area contributed by atoms with Crippen LogP contribution in [0.25, 0.3) is 11.3 Å². The van der Waals surface area contributed by atoms with E-state index in [0.717, 1.165) is 31.6 Å². The number of carbonyl (C=O) groups excluding carboxylic acids is 1. The molecule has 6 heteroatoms. The van der Waals surface area contributed by atoms with Gasteiger partial charge in [-0.3, -0.25) is 9.69 Å². The molecule has 29 heavy (non-hydrogen) atoms. The van der Waals surface area contributed by atoms with E-state index >= 15 is 0 Å². The number of rotatable bonds is 7. The van der Waals surface area contributed by atoms with Gasteiger partial charge in [0, 0.05) is 44.1 Å². The lowest BCUT2D eigenvalue weighted by Gasteiger charge is -2.16. The number of halogens is 1. The van der Waals surface area contributed by atoms with Crippen molar-refractivity contribution in [3.05, 3.63) is 77.3 Å². The summed E-state index contributed by atoms with van der Waals surface area (Å²) in [7, 11) is 0. The summed E-state index contributed by atoms with van der Waals surface area (Å²) in [6.07, 6.45) is 3.47. The Morgan fingerprint density at radius 1 is 1.17 bits per heavy atom. The van der Waals surface area contributed by atoms with Gasteiger partial charge in [-0.15, -0.1) is 0 Å². The summed E-state index contributed by atoms with van der Waals surface area (Å²) >= 11 is 6.20. The Kier molecular flexibility index (Phi) is 6.27. The van der Waals surface area contributed by atoms with Crippen LogP contribution in [0, 0.1) is 0 Å². The molecule has 0 saturated carbocycles. The second-order valence-corrected chi connectivity index (χ2v) is 7.78. The minimum absolute atomic E-state index is 0.0362. The second kappa shape index (κ2) is 9.25. The van der Waals surface area contributed by atoms with Gasteiger partial charge in [-0.25, -0.2) is 4.98 Å². The predicted molar refractivity (Wildman–Crippen MR) is 114 cm³/mol. The van der Waals surface area contributed by atoms with Crippen LogP contribution >= 0.6 is 11.6 Å². The standard InChI is InChI=1S/C23H24ClN3O2/c24-20-9-5-4-8-19(20)21-14-25-23(29-21)11-10-22(28)26-18-12-13-27(16-18)15-17-6-2-1-3-7-17/h1-9,14,18H,10-13,15-16H2,(H,26,28)/t18-/m1/s1. The number of aryl methyl sites for hydroxylation is 1. The molecular weight excluding hydrogens is 386 g/mol. The molecule has 1 saturated heterocycles. The molecule has 1 aromatic heterocycles. The Hall–Kier alpha value is -2.63. The van der Waals surface area contributed by atoms with Crippen molar-refractivity contribution in [1.29, 1.82) is 0 Å². The maximum atomic E-state index is 12.3. The molecule has 0 radical (unpaired) electrons. The second-order valence-electron chi connectivity index (χ2n) is 7.37. The summed E-state index contributed by atoms with van der Waals surface area (Å²) in [6, 6.07) is 18.1. The fourth-order valence-electron chi connectivity index (χ4n) is 3.67. The van der Waals surface area contributed by atoms with Gasteiger partial charge < -0.3 is 9.73 Å². The Labute approximate surface area is 175 Å². The zero-order chi connectivity index (χ0) is 20.1. The number of amides is 1. The number of nitrogens with zero attached hydrogens (tertiary/aromatic N) is 2. The molecule has 0 spiro atoms. The average Bonchev–Trinajstić information content (AvgIpc) is 3.37. The van der Waals surface area contributed by atoms with E-state index in [9.17, 15) is 4.79 Å². The monoisotopic (exact) mass is 409 g/mol. The van der Waals surface area contributed by atoms with Crippen molar-refractivity contribution in [3.8, 4) is 11.3 Å². The first-order valence-electron chi connectivity index (χ1n) is 9.92. The third-order valence-electron chi connectivity index (χ3n) is 5.15. The van der Waals surface area contributed by atoms with Gasteiger partial charge in [0.1, 0.15) is 0 Å². The number of oxazole rings is 1. The molecule has 0 bridgehead atoms. The fourth-order valence-corrected chi connectivity index (χ4v) is 3.90. The molecule has 1 aliphatic rings. The summed E-state index contributed by atoms with van der Waals surface area (Å²) in [5.41, 5.74) is 2.11. The number of likely N-dealkylation sites (tertiary alicyclic amines) is 1. The summed E-state index contributed by atoms with van der Waals surface area (Å²) in [6.45, 7) is 2.81. The molecule has 150 valence electrons. The van der Waals surface area contributed by atoms with Crippen LogP contribution in [0.4, 0.5) is 0 Å². The van der Waals surface area contributed by atoms with Crippen LogP contribution in [-0.4, -0.2) is 34.9 Å². The van der Waals surface area contributed by atoms with Gasteiger partial charge >= 0.3 is 0 Å². The first kappa shape index (κ1) is 19.7. The SMILES string of the molecule is O=C(CCc1ncc(-c2ccccc2Cl)o1)N[C@@H]1CCN(Cc2ccccc2)C1. The molecule has 1 amide bonds. The number of nitrogens with one attached hydrogen (secondary N) is 1. The Balaban J connectivity index is 1.23. The number of hydrogen-bond acceptors (Lipinski definition) is 4. The molecule has 1 fully saturated rings. The van der Waals surface area contributed by atoms with Crippen LogP contribution in [0.3, 0.4) is 0 Å². The van der Waals surface area contributed by atoms with Crippen molar-refractivity contribution in [2.24, 2.45) is 0 Å². The first-order chi connectivity index (χ1) is 14.2. The average molecular weight is 410 g/mol. The third-order valence-corrected chi connectivity index (χ3v) is 5.47. The lowest BCUT2D eigenvalue weighted by molar-refractivity contribution is -0.121. The lowest BCUT2D eigenvalue weighted by Crippen LogP contribution is -2.37. The van der Waals surface area contributed by atoms with E-state index in [4.69, 9.17) is 16.0 Å². The highest BCUT2D eigenvalue weighted by molar-refractivity contribution is 6.33. The molecule has 1 aliphatic heterocycles. The molecule has 2 heterocycles. The van der Waals surface area contributed by atoms with Crippen LogP contribution in [0.1, 0.15) is 24.3 Å². The van der Waals surface area contributed by atoms with Crippen molar-refractivity contribution < 1.29 is 9.21 Å². The van der Waals surface area contributed by atoms with E-state index < -0.39 is 0 Å². The van der Waals surface area contributed by atoms with Gasteiger partial charge in [0.05, 0.1) is 11.2 Å². The Bertz CT molecular complexity index is 958. The summed E-state index contributed by atoms with van der Waals surface area (Å²) in [5.74, 6) is 1.21. The highest BCUT2D eigenvalue weighted by Crippen LogP contribution is 2.28. The van der Waals surface area contributed by atoms with Crippen molar-refractivity contribution in [2.75, 3.05) is 13.1 Å². The van der Waals surface area contributed by atoms with Crippen LogP contribution in [0.15, 0.2) is 65.2 Å². The summed E-state index contributed by atoms with van der Waals surface area (Å²) in [5, 5.41) is 3.76. The van der Waals surface area contributed by atoms with Crippen LogP contribution < -0.4 is 5.32 Å². The highest BCUT2D eigenvalue weighted by Gasteiger charge is 2.23. The number of hydrogen-bond donors (Lipinski definition) is 1. The summed E-state index contributed by atoms with van der Waals surface area (Å²) < 4.78 is 5.77. The van der Waals surface area contributed by atoms with E-state index in [1.807, 2.05) is 30.3 Å². The number of benzene rings is 2. The molecule has 5 nitrogen and oxygen atoms in total. The van der Waals surface area contributed by atoms with E-state index in [-0.39, 0.29) is 11.9 Å². The lowest BCUT2D eigenvalue weighted by atomic mass is 10.2. The Morgan fingerprint density at radius 3 is 2.79 bits per heavy atom. The zero-order valence-corrected chi connectivity index (χ0v) is 16.9. The van der Waals surface area contributed by atoms with Crippen molar-refractivity contribution in [2.45, 2.75) is 31.8 Å². The predicted octanol–water partition coefficient (Wildman–Crippen LogP) is 4.32. The fraction of sp³-hybridized carbons (Fsp3) is 0.304. The van der Waals surface area contributed by atoms with E-state index in [2.05, 4.69) is 39.5 Å². The third kappa shape index (κ3) is 5.25. The van der Waals surface area contributed by atoms with Gasteiger partial charge in [0.25, 0.3) is 0 Å². The number of aromatic nitrogens is 1. The van der Waals surface area contributed by atoms with Gasteiger partial charge in [-0.2, -0.15) is 0 Å². The maximum Gasteiger partial charge on any atom is 0.220 e. The van der Waals surface area contributed by atoms with Gasteiger partial charge in [0.15, 0.2) is 11.7 Å². The molecule has 0 aliphatic carbocycles. The molecular formula is C23H24ClN3O2. The minimum atomic E-state index is 0.0362. The van der Waals surface area contributed by atoms with Crippen LogP contribution in [0.2, 0.25) is 5.02 Å². The molecule has 2 aromatic carbocycles. The molecule has 1 atom stereocenters. The van der Waals surface area contributed by atoms with Gasteiger partial charge in [-0.05, 0) is 24.1 Å². The molecule has 0 unspecified atom stereocenters. The quantitative estimate of drug-likeness (QED) is 0.631. The van der Waals surface area contributed by atoms with Crippen molar-refractivity contribution in [3.63, 3.8) is 0 Å². The largest absolute Gasteiger partial charge is 0.441 e. The normalized spacial score (nSPS) is 16.8. The van der Waals surface area contributed by atoms with E-state index in [1.165, 1.54) is 5.56 Å².